The van der Waals surface area contributed by atoms with Crippen LogP contribution in [0.4, 0.5) is 0 Å². The van der Waals surface area contributed by atoms with E-state index in [1.165, 1.54) is 10.8 Å². The van der Waals surface area contributed by atoms with Crippen molar-refractivity contribution in [2.75, 3.05) is 18.8 Å². The van der Waals surface area contributed by atoms with E-state index in [-0.39, 0.29) is 11.9 Å². The lowest BCUT2D eigenvalue weighted by Gasteiger charge is -2.18. The van der Waals surface area contributed by atoms with E-state index in [0.717, 1.165) is 38.1 Å². The molecule has 1 atom stereocenters. The van der Waals surface area contributed by atoms with Crippen LogP contribution in [0, 0.1) is 5.92 Å². The number of hydrogen-bond donors (Lipinski definition) is 3. The lowest BCUT2D eigenvalue weighted by molar-refractivity contribution is -0.123. The molecule has 1 unspecified atom stereocenters. The first kappa shape index (κ1) is 17.1. The molecule has 0 aromatic rings. The van der Waals surface area contributed by atoms with Crippen molar-refractivity contribution in [2.24, 2.45) is 5.92 Å². The maximum Gasteiger partial charge on any atom is 0.237 e. The Morgan fingerprint density at radius 3 is 2.53 bits per heavy atom. The minimum atomic E-state index is -0.0678. The van der Waals surface area contributed by atoms with Crippen LogP contribution in [0.5, 0.6) is 0 Å². The average molecular weight is 278 g/mol. The van der Waals surface area contributed by atoms with Gasteiger partial charge in [-0.15, -0.1) is 11.7 Å². The second kappa shape index (κ2) is 11.2. The van der Waals surface area contributed by atoms with Gasteiger partial charge in [0.1, 0.15) is 0 Å². The molecule has 2 N–H and O–H groups in total. The first-order valence-corrected chi connectivity index (χ1v) is 8.43. The van der Waals surface area contributed by atoms with Gasteiger partial charge < -0.3 is 10.6 Å². The summed E-state index contributed by atoms with van der Waals surface area (Å²) in [6.07, 6.45) is 2.92. The van der Waals surface area contributed by atoms with E-state index < -0.39 is 0 Å². The summed E-state index contributed by atoms with van der Waals surface area (Å²) < 4.78 is 0. The van der Waals surface area contributed by atoms with Gasteiger partial charge in [-0.25, -0.2) is 0 Å². The quantitative estimate of drug-likeness (QED) is 0.425. The van der Waals surface area contributed by atoms with Gasteiger partial charge in [0.15, 0.2) is 0 Å². The standard InChI is InChI=1S/C12H26N2OS2/c1-4-7-13-11(6-9-17-16)12(15)14-8-5-10(2)3/h10-11,13,16H,4-9H2,1-3H3,(H,14,15). The summed E-state index contributed by atoms with van der Waals surface area (Å²) in [7, 11) is 1.48. The summed E-state index contributed by atoms with van der Waals surface area (Å²) >= 11 is 4.11. The van der Waals surface area contributed by atoms with Crippen molar-refractivity contribution in [2.45, 2.75) is 46.1 Å². The Hall–Kier alpha value is 0.130. The van der Waals surface area contributed by atoms with Crippen LogP contribution in [-0.2, 0) is 4.79 Å². The van der Waals surface area contributed by atoms with E-state index in [2.05, 4.69) is 43.1 Å². The van der Waals surface area contributed by atoms with Gasteiger partial charge in [-0.3, -0.25) is 4.79 Å². The van der Waals surface area contributed by atoms with Crippen LogP contribution in [0.1, 0.15) is 40.0 Å². The zero-order valence-corrected chi connectivity index (χ0v) is 12.9. The SMILES string of the molecule is CCCNC(CCSS)C(=O)NCCC(C)C. The van der Waals surface area contributed by atoms with Crippen LogP contribution < -0.4 is 10.6 Å². The van der Waals surface area contributed by atoms with Crippen LogP contribution in [-0.4, -0.2) is 30.8 Å². The van der Waals surface area contributed by atoms with Crippen molar-refractivity contribution in [3.8, 4) is 0 Å². The highest BCUT2D eigenvalue weighted by molar-refractivity contribution is 8.68. The van der Waals surface area contributed by atoms with Crippen LogP contribution in [0.25, 0.3) is 0 Å². The lowest BCUT2D eigenvalue weighted by atomic mass is 10.1. The summed E-state index contributed by atoms with van der Waals surface area (Å²) in [5, 5.41) is 6.28. The van der Waals surface area contributed by atoms with Gasteiger partial charge in [-0.05, 0) is 31.7 Å². The first-order chi connectivity index (χ1) is 8.11. The second-order valence-corrected chi connectivity index (χ2v) is 6.04. The Morgan fingerprint density at radius 2 is 2.00 bits per heavy atom. The fourth-order valence-electron chi connectivity index (χ4n) is 1.42. The molecule has 0 heterocycles. The van der Waals surface area contributed by atoms with Crippen LogP contribution >= 0.6 is 22.5 Å². The van der Waals surface area contributed by atoms with Gasteiger partial charge in [-0.2, -0.15) is 0 Å². The van der Waals surface area contributed by atoms with E-state index in [1.54, 1.807) is 0 Å². The average Bonchev–Trinajstić information content (AvgIpc) is 2.28. The number of amides is 1. The summed E-state index contributed by atoms with van der Waals surface area (Å²) in [5.41, 5.74) is 0. The highest BCUT2D eigenvalue weighted by Gasteiger charge is 2.16. The van der Waals surface area contributed by atoms with Crippen LogP contribution in [0.3, 0.4) is 0 Å². The molecule has 0 fully saturated rings. The molecule has 0 aliphatic carbocycles. The van der Waals surface area contributed by atoms with Gasteiger partial charge in [0.2, 0.25) is 5.91 Å². The molecule has 102 valence electrons. The van der Waals surface area contributed by atoms with Gasteiger partial charge in [-0.1, -0.05) is 31.6 Å². The highest BCUT2D eigenvalue weighted by Crippen LogP contribution is 2.08. The highest BCUT2D eigenvalue weighted by atomic mass is 33.1. The molecule has 0 aromatic heterocycles. The van der Waals surface area contributed by atoms with E-state index >= 15 is 0 Å². The summed E-state index contributed by atoms with van der Waals surface area (Å²) in [6, 6.07) is -0.0678. The number of nitrogens with one attached hydrogen (secondary N) is 2. The molecule has 0 aromatic carbocycles. The molecule has 0 saturated carbocycles. The molecule has 1 amide bonds. The van der Waals surface area contributed by atoms with Crippen molar-refractivity contribution < 1.29 is 4.79 Å². The Kier molecular flexibility index (Phi) is 11.3. The molecule has 0 aliphatic heterocycles. The predicted octanol–water partition coefficient (Wildman–Crippen LogP) is 2.49. The van der Waals surface area contributed by atoms with Gasteiger partial charge >= 0.3 is 0 Å². The number of hydrogen-bond acceptors (Lipinski definition) is 4. The third-order valence-corrected chi connectivity index (χ3v) is 3.44. The molecule has 0 aliphatic rings. The molecular weight excluding hydrogens is 252 g/mol. The van der Waals surface area contributed by atoms with E-state index in [1.807, 2.05) is 0 Å². The number of carbonyl (C=O) groups is 1. The molecule has 0 rings (SSSR count). The van der Waals surface area contributed by atoms with Crippen LogP contribution in [0.2, 0.25) is 0 Å². The Labute approximate surface area is 115 Å². The third kappa shape index (κ3) is 9.80. The monoisotopic (exact) mass is 278 g/mol. The van der Waals surface area contributed by atoms with E-state index in [0.29, 0.717) is 5.92 Å². The smallest absolute Gasteiger partial charge is 0.237 e. The zero-order chi connectivity index (χ0) is 13.1. The predicted molar refractivity (Wildman–Crippen MR) is 80.6 cm³/mol. The van der Waals surface area contributed by atoms with E-state index in [4.69, 9.17) is 0 Å². The van der Waals surface area contributed by atoms with Gasteiger partial charge in [0.05, 0.1) is 6.04 Å². The lowest BCUT2D eigenvalue weighted by Crippen LogP contribution is -2.45. The normalized spacial score (nSPS) is 12.8. The number of carbonyl (C=O) groups excluding carboxylic acids is 1. The largest absolute Gasteiger partial charge is 0.355 e. The Bertz CT molecular complexity index is 193. The van der Waals surface area contributed by atoms with E-state index in [9.17, 15) is 4.79 Å². The van der Waals surface area contributed by atoms with Crippen molar-refractivity contribution in [1.82, 2.24) is 10.6 Å². The summed E-state index contributed by atoms with van der Waals surface area (Å²) in [6.45, 7) is 8.09. The van der Waals surface area contributed by atoms with Gasteiger partial charge in [0.25, 0.3) is 0 Å². The van der Waals surface area contributed by atoms with Gasteiger partial charge in [0, 0.05) is 12.3 Å². The van der Waals surface area contributed by atoms with Crippen molar-refractivity contribution in [3.63, 3.8) is 0 Å². The molecule has 0 radical (unpaired) electrons. The summed E-state index contributed by atoms with van der Waals surface area (Å²) in [5.74, 6) is 1.65. The Balaban J connectivity index is 3.93. The maximum absolute atomic E-state index is 11.9. The zero-order valence-electron chi connectivity index (χ0n) is 11.2. The minimum absolute atomic E-state index is 0.0678. The molecule has 0 bridgehead atoms. The van der Waals surface area contributed by atoms with Crippen molar-refractivity contribution >= 4 is 28.4 Å². The molecule has 3 nitrogen and oxygen atoms in total. The third-order valence-electron chi connectivity index (χ3n) is 2.48. The minimum Gasteiger partial charge on any atom is -0.355 e. The molecular formula is C12H26N2OS2. The first-order valence-electron chi connectivity index (χ1n) is 6.39. The molecule has 5 heteroatoms. The molecule has 0 spiro atoms. The molecule has 17 heavy (non-hydrogen) atoms. The fourth-order valence-corrected chi connectivity index (χ4v) is 2.08. The van der Waals surface area contributed by atoms with Crippen LogP contribution in [0.15, 0.2) is 0 Å². The van der Waals surface area contributed by atoms with Crippen molar-refractivity contribution in [1.29, 1.82) is 0 Å². The topological polar surface area (TPSA) is 41.1 Å². The Morgan fingerprint density at radius 1 is 1.29 bits per heavy atom. The number of thiol groups is 1. The molecule has 0 saturated heterocycles. The second-order valence-electron chi connectivity index (χ2n) is 4.60. The maximum atomic E-state index is 11.9. The number of rotatable bonds is 10. The van der Waals surface area contributed by atoms with Crippen molar-refractivity contribution in [3.05, 3.63) is 0 Å². The fraction of sp³-hybridized carbons (Fsp3) is 0.917. The summed E-state index contributed by atoms with van der Waals surface area (Å²) in [4.78, 5) is 11.9.